The topological polar surface area (TPSA) is 89.8 Å². The molecule has 2 aromatic heterocycles. The molecule has 0 fully saturated rings. The van der Waals surface area contributed by atoms with E-state index < -0.39 is 0 Å². The monoisotopic (exact) mass is 435 g/mol. The van der Waals surface area contributed by atoms with Crippen LogP contribution in [0.25, 0.3) is 27.7 Å². The molecule has 0 bridgehead atoms. The molecule has 2 heterocycles. The van der Waals surface area contributed by atoms with Crippen LogP contribution >= 0.6 is 0 Å². The lowest BCUT2D eigenvalue weighted by Gasteiger charge is -2.01. The fraction of sp³-hybridized carbons (Fsp3) is 0.0769. The predicted octanol–water partition coefficient (Wildman–Crippen LogP) is 4.22. The Balaban J connectivity index is 1.35. The van der Waals surface area contributed by atoms with Crippen molar-refractivity contribution in [1.29, 1.82) is 0 Å². The summed E-state index contributed by atoms with van der Waals surface area (Å²) in [6.45, 7) is 4.01. The highest BCUT2D eigenvalue weighted by molar-refractivity contribution is 6.00. The van der Waals surface area contributed by atoms with Crippen LogP contribution < -0.4 is 10.1 Å². The third-order valence-electron chi connectivity index (χ3n) is 5.64. The number of nitrogens with one attached hydrogen (secondary N) is 3. The van der Waals surface area contributed by atoms with Gasteiger partial charge in [0, 0.05) is 24.6 Å². The van der Waals surface area contributed by atoms with E-state index in [1.807, 2.05) is 91.3 Å². The van der Waals surface area contributed by atoms with Gasteiger partial charge in [-0.1, -0.05) is 65.3 Å². The maximum absolute atomic E-state index is 12.6. The maximum atomic E-state index is 12.6. The number of nitrogens with zero attached hydrogens (tertiary/aromatic N) is 3. The Morgan fingerprint density at radius 2 is 1.76 bits per heavy atom. The second-order valence-electron chi connectivity index (χ2n) is 7.80. The number of hydrazone groups is 1. The quantitative estimate of drug-likeness (QED) is 0.219. The normalized spacial score (nSPS) is 11.3. The highest BCUT2D eigenvalue weighted by Crippen LogP contribution is 2.24. The number of hydrogen-bond donors (Lipinski definition) is 3. The van der Waals surface area contributed by atoms with Crippen molar-refractivity contribution in [2.24, 2.45) is 5.10 Å². The molecule has 0 aliphatic carbocycles. The Kier molecular flexibility index (Phi) is 5.28. The van der Waals surface area contributed by atoms with Gasteiger partial charge < -0.3 is 0 Å². The molecule has 0 aliphatic heterocycles. The Morgan fingerprint density at radius 1 is 1.00 bits per heavy atom. The van der Waals surface area contributed by atoms with E-state index >= 15 is 0 Å². The lowest BCUT2D eigenvalue weighted by molar-refractivity contribution is -0.661. The van der Waals surface area contributed by atoms with Crippen molar-refractivity contribution in [2.75, 3.05) is 0 Å². The highest BCUT2D eigenvalue weighted by Gasteiger charge is 2.24. The van der Waals surface area contributed by atoms with Gasteiger partial charge in [0.05, 0.1) is 17.5 Å². The summed E-state index contributed by atoms with van der Waals surface area (Å²) in [5, 5.41) is 16.9. The second-order valence-corrected chi connectivity index (χ2v) is 7.80. The van der Waals surface area contributed by atoms with Crippen LogP contribution in [0.5, 0.6) is 0 Å². The number of amides is 1. The zero-order chi connectivity index (χ0) is 22.8. The van der Waals surface area contributed by atoms with Crippen molar-refractivity contribution in [1.82, 2.24) is 20.7 Å². The summed E-state index contributed by atoms with van der Waals surface area (Å²) in [6.07, 6.45) is 1.65. The van der Waals surface area contributed by atoms with E-state index in [-0.39, 0.29) is 5.91 Å². The number of carbonyl (C=O) groups excluding carboxylic acids is 1. The van der Waals surface area contributed by atoms with E-state index in [9.17, 15) is 4.79 Å². The minimum absolute atomic E-state index is 0.339. The second kappa shape index (κ2) is 8.55. The third-order valence-corrected chi connectivity index (χ3v) is 5.64. The molecular weight excluding hydrogens is 412 g/mol. The van der Waals surface area contributed by atoms with Gasteiger partial charge in [0.2, 0.25) is 11.4 Å². The number of para-hydroxylation sites is 1. The first-order chi connectivity index (χ1) is 16.1. The van der Waals surface area contributed by atoms with Crippen LogP contribution in [0.3, 0.4) is 0 Å². The number of aromatic amines is 2. The SMILES string of the molecule is Cc1[nH][n+](-c2ccccc2)c(C)c1-c1cc(C(=O)NN=Cc2cccc3ccccc23)[nH]n1. The van der Waals surface area contributed by atoms with Crippen molar-refractivity contribution < 1.29 is 9.48 Å². The molecular formula is C26H23N6O+. The first kappa shape index (κ1) is 20.4. The Morgan fingerprint density at radius 3 is 2.61 bits per heavy atom. The first-order valence-corrected chi connectivity index (χ1v) is 10.7. The van der Waals surface area contributed by atoms with E-state index in [4.69, 9.17) is 0 Å². The smallest absolute Gasteiger partial charge is 0.272 e. The Labute approximate surface area is 190 Å². The molecule has 0 atom stereocenters. The maximum Gasteiger partial charge on any atom is 0.289 e. The van der Waals surface area contributed by atoms with E-state index in [1.54, 1.807) is 12.3 Å². The summed E-state index contributed by atoms with van der Waals surface area (Å²) in [7, 11) is 0. The largest absolute Gasteiger partial charge is 0.289 e. The zero-order valence-corrected chi connectivity index (χ0v) is 18.3. The molecule has 0 saturated heterocycles. The van der Waals surface area contributed by atoms with Crippen molar-refractivity contribution in [3.8, 4) is 16.9 Å². The molecule has 7 nitrogen and oxygen atoms in total. The minimum Gasteiger partial charge on any atom is -0.272 e. The van der Waals surface area contributed by atoms with Crippen molar-refractivity contribution in [3.05, 3.63) is 102 Å². The van der Waals surface area contributed by atoms with E-state index in [0.717, 1.165) is 39.0 Å². The van der Waals surface area contributed by atoms with Crippen molar-refractivity contribution in [3.63, 3.8) is 0 Å². The van der Waals surface area contributed by atoms with Crippen LogP contribution in [0.1, 0.15) is 27.4 Å². The summed E-state index contributed by atoms with van der Waals surface area (Å²) in [5.74, 6) is -0.355. The fourth-order valence-corrected chi connectivity index (χ4v) is 4.05. The lowest BCUT2D eigenvalue weighted by Crippen LogP contribution is -2.35. The van der Waals surface area contributed by atoms with Gasteiger partial charge in [0.25, 0.3) is 5.91 Å². The molecule has 5 rings (SSSR count). The number of aromatic nitrogens is 4. The van der Waals surface area contributed by atoms with Gasteiger partial charge in [-0.2, -0.15) is 15.3 Å². The van der Waals surface area contributed by atoms with Gasteiger partial charge in [0.1, 0.15) is 11.4 Å². The number of benzene rings is 3. The molecule has 0 saturated carbocycles. The average molecular weight is 436 g/mol. The molecule has 1 amide bonds. The van der Waals surface area contributed by atoms with Gasteiger partial charge in [-0.3, -0.25) is 9.89 Å². The van der Waals surface area contributed by atoms with Gasteiger partial charge in [0.15, 0.2) is 0 Å². The Bertz CT molecular complexity index is 1470. The van der Waals surface area contributed by atoms with Crippen LogP contribution in [0.15, 0.2) is 84.0 Å². The van der Waals surface area contributed by atoms with E-state index in [0.29, 0.717) is 11.4 Å². The first-order valence-electron chi connectivity index (χ1n) is 10.7. The number of carbonyl (C=O) groups is 1. The summed E-state index contributed by atoms with van der Waals surface area (Å²) in [6, 6.07) is 25.8. The van der Waals surface area contributed by atoms with Gasteiger partial charge >= 0.3 is 0 Å². The molecule has 7 heteroatoms. The van der Waals surface area contributed by atoms with Crippen molar-refractivity contribution >= 4 is 22.9 Å². The molecule has 0 spiro atoms. The van der Waals surface area contributed by atoms with E-state index in [2.05, 4.69) is 25.8 Å². The molecule has 0 unspecified atom stereocenters. The van der Waals surface area contributed by atoms with Crippen LogP contribution in [-0.4, -0.2) is 27.4 Å². The van der Waals surface area contributed by atoms with Crippen LogP contribution in [0, 0.1) is 13.8 Å². The molecule has 162 valence electrons. The fourth-order valence-electron chi connectivity index (χ4n) is 4.05. The van der Waals surface area contributed by atoms with Gasteiger partial charge in [-0.25, -0.2) is 5.43 Å². The summed E-state index contributed by atoms with van der Waals surface area (Å²) >= 11 is 0. The number of aryl methyl sites for hydroxylation is 1. The molecule has 0 aliphatic rings. The number of rotatable bonds is 5. The highest BCUT2D eigenvalue weighted by atomic mass is 16.2. The summed E-state index contributed by atoms with van der Waals surface area (Å²) in [4.78, 5) is 12.6. The molecule has 5 aromatic rings. The lowest BCUT2D eigenvalue weighted by atomic mass is 10.1. The van der Waals surface area contributed by atoms with Gasteiger partial charge in [-0.05, 0) is 23.8 Å². The average Bonchev–Trinajstić information content (AvgIpc) is 3.44. The molecule has 3 aromatic carbocycles. The number of hydrogen-bond acceptors (Lipinski definition) is 3. The van der Waals surface area contributed by atoms with Crippen LogP contribution in [0.2, 0.25) is 0 Å². The number of H-pyrrole nitrogens is 2. The predicted molar refractivity (Wildman–Crippen MR) is 128 cm³/mol. The summed E-state index contributed by atoms with van der Waals surface area (Å²) in [5.41, 5.74) is 8.50. The standard InChI is InChI=1S/C26H22N6O/c1-17-25(18(2)32(31-17)21-12-4-3-5-13-21)23-15-24(29-28-23)26(33)30-27-16-20-11-8-10-19-9-6-7-14-22(19)20/h3-16H,1-2H3,(H2,28,29,30,33)/p+1. The molecule has 3 N–H and O–H groups in total. The Hall–Kier alpha value is -4.52. The molecule has 0 radical (unpaired) electrons. The third kappa shape index (κ3) is 3.92. The minimum atomic E-state index is -0.355. The number of fused-ring (bicyclic) bond motifs is 1. The van der Waals surface area contributed by atoms with Crippen LogP contribution in [0.4, 0.5) is 0 Å². The van der Waals surface area contributed by atoms with E-state index in [1.165, 1.54) is 0 Å². The van der Waals surface area contributed by atoms with Crippen molar-refractivity contribution in [2.45, 2.75) is 13.8 Å². The zero-order valence-electron chi connectivity index (χ0n) is 18.3. The summed E-state index contributed by atoms with van der Waals surface area (Å²) < 4.78 is 2.01. The van der Waals surface area contributed by atoms with Gasteiger partial charge in [-0.15, -0.1) is 0 Å². The van der Waals surface area contributed by atoms with Crippen LogP contribution in [-0.2, 0) is 0 Å². The molecule has 33 heavy (non-hydrogen) atoms.